The highest BCUT2D eigenvalue weighted by Gasteiger charge is 2.29. The van der Waals surface area contributed by atoms with Gasteiger partial charge < -0.3 is 15.4 Å². The number of ether oxygens (including phenoxy) is 1. The maximum absolute atomic E-state index is 13.7. The fraction of sp³-hybridized carbons (Fsp3) is 0.200. The largest absolute Gasteiger partial charge is 0.492 e. The van der Waals surface area contributed by atoms with Crippen molar-refractivity contribution in [1.29, 1.82) is 0 Å². The van der Waals surface area contributed by atoms with Gasteiger partial charge in [0, 0.05) is 23.2 Å². The summed E-state index contributed by atoms with van der Waals surface area (Å²) in [6.07, 6.45) is 1.90. The van der Waals surface area contributed by atoms with Crippen LogP contribution in [0.4, 0.5) is 17.1 Å². The van der Waals surface area contributed by atoms with Crippen LogP contribution in [0.2, 0.25) is 0 Å². The Morgan fingerprint density at radius 2 is 1.51 bits per heavy atom. The number of hydrogen-bond donors (Lipinski definition) is 2. The summed E-state index contributed by atoms with van der Waals surface area (Å²) in [6.45, 7) is 3.07. The molecule has 3 aromatic rings. The number of carbonyl (C=O) groups excluding carboxylic acids is 2. The van der Waals surface area contributed by atoms with Gasteiger partial charge in [-0.15, -0.1) is 11.8 Å². The average molecular weight is 514 g/mol. The van der Waals surface area contributed by atoms with Crippen LogP contribution >= 0.6 is 11.8 Å². The van der Waals surface area contributed by atoms with Crippen molar-refractivity contribution in [2.75, 3.05) is 34.3 Å². The molecule has 0 radical (unpaired) electrons. The summed E-state index contributed by atoms with van der Waals surface area (Å²) in [5.74, 6) is -0.388. The molecule has 0 saturated carbocycles. The predicted molar refractivity (Wildman–Crippen MR) is 140 cm³/mol. The van der Waals surface area contributed by atoms with Gasteiger partial charge in [0.05, 0.1) is 17.2 Å². The zero-order valence-corrected chi connectivity index (χ0v) is 21.3. The standard InChI is InChI=1S/C25H27N3O5S2/c1-4-33-24-8-6-5-7-23(24)28(35(31,32)22-15-13-21(34-3)14-16-22)17-25(30)27-20-11-9-19(10-12-20)26-18(2)29/h5-16H,4,17H2,1-3H3,(H,26,29)(H,27,30). The third-order valence-corrected chi connectivity index (χ3v) is 7.37. The fourth-order valence-electron chi connectivity index (χ4n) is 3.29. The predicted octanol–water partition coefficient (Wildman–Crippen LogP) is 4.60. The molecule has 0 fully saturated rings. The Kier molecular flexibility index (Phi) is 8.78. The van der Waals surface area contributed by atoms with Crippen molar-refractivity contribution in [2.24, 2.45) is 0 Å². The first-order chi connectivity index (χ1) is 16.7. The van der Waals surface area contributed by atoms with Gasteiger partial charge in [-0.25, -0.2) is 8.42 Å². The number of nitrogens with zero attached hydrogens (tertiary/aromatic N) is 1. The second kappa shape index (κ2) is 11.8. The number of rotatable bonds is 10. The molecule has 0 saturated heterocycles. The van der Waals surface area contributed by atoms with Gasteiger partial charge in [0.2, 0.25) is 11.8 Å². The molecule has 0 aromatic heterocycles. The van der Waals surface area contributed by atoms with E-state index in [4.69, 9.17) is 4.74 Å². The van der Waals surface area contributed by atoms with Crippen molar-refractivity contribution in [2.45, 2.75) is 23.6 Å². The summed E-state index contributed by atoms with van der Waals surface area (Å²) >= 11 is 1.50. The number of sulfonamides is 1. The molecule has 0 unspecified atom stereocenters. The summed E-state index contributed by atoms with van der Waals surface area (Å²) in [7, 11) is -4.09. The van der Waals surface area contributed by atoms with E-state index in [0.717, 1.165) is 9.20 Å². The molecule has 10 heteroatoms. The van der Waals surface area contributed by atoms with E-state index >= 15 is 0 Å². The lowest BCUT2D eigenvalue weighted by molar-refractivity contribution is -0.115. The first-order valence-corrected chi connectivity index (χ1v) is 13.5. The van der Waals surface area contributed by atoms with Gasteiger partial charge in [0.1, 0.15) is 12.3 Å². The van der Waals surface area contributed by atoms with Gasteiger partial charge in [-0.05, 0) is 73.8 Å². The van der Waals surface area contributed by atoms with E-state index in [1.807, 2.05) is 6.26 Å². The topological polar surface area (TPSA) is 105 Å². The normalized spacial score (nSPS) is 10.9. The van der Waals surface area contributed by atoms with Gasteiger partial charge >= 0.3 is 0 Å². The molecule has 0 heterocycles. The summed E-state index contributed by atoms with van der Waals surface area (Å²) < 4.78 is 34.0. The molecule has 0 aliphatic heterocycles. The maximum atomic E-state index is 13.7. The molecule has 3 rings (SSSR count). The Morgan fingerprint density at radius 3 is 2.09 bits per heavy atom. The molecule has 0 aliphatic rings. The number of anilines is 3. The molecule has 35 heavy (non-hydrogen) atoms. The number of carbonyl (C=O) groups is 2. The Labute approximate surface area is 209 Å². The van der Waals surface area contributed by atoms with E-state index in [1.54, 1.807) is 67.6 Å². The molecule has 0 spiro atoms. The number of nitrogens with one attached hydrogen (secondary N) is 2. The molecule has 184 valence electrons. The van der Waals surface area contributed by atoms with Crippen molar-refractivity contribution in [1.82, 2.24) is 0 Å². The van der Waals surface area contributed by atoms with E-state index in [1.165, 1.54) is 30.8 Å². The van der Waals surface area contributed by atoms with Crippen LogP contribution in [0.3, 0.4) is 0 Å². The molecule has 2 N–H and O–H groups in total. The summed E-state index contributed by atoms with van der Waals surface area (Å²) in [4.78, 5) is 25.2. The molecule has 0 bridgehead atoms. The van der Waals surface area contributed by atoms with E-state index in [-0.39, 0.29) is 16.5 Å². The third kappa shape index (κ3) is 6.77. The monoisotopic (exact) mass is 513 g/mol. The molecular formula is C25H27N3O5S2. The van der Waals surface area contributed by atoms with Crippen LogP contribution in [0.25, 0.3) is 0 Å². The van der Waals surface area contributed by atoms with Crippen molar-refractivity contribution in [3.63, 3.8) is 0 Å². The Balaban J connectivity index is 1.92. The van der Waals surface area contributed by atoms with Crippen LogP contribution in [0.15, 0.2) is 82.6 Å². The Bertz CT molecular complexity index is 1280. The second-order valence-electron chi connectivity index (χ2n) is 7.39. The minimum Gasteiger partial charge on any atom is -0.492 e. The van der Waals surface area contributed by atoms with Gasteiger partial charge in [-0.1, -0.05) is 12.1 Å². The molecule has 2 amide bonds. The van der Waals surface area contributed by atoms with Crippen LogP contribution in [-0.4, -0.2) is 39.6 Å². The van der Waals surface area contributed by atoms with Crippen LogP contribution in [0.5, 0.6) is 5.75 Å². The third-order valence-electron chi connectivity index (χ3n) is 4.86. The maximum Gasteiger partial charge on any atom is 0.264 e. The summed E-state index contributed by atoms with van der Waals surface area (Å²) in [5.41, 5.74) is 1.31. The average Bonchev–Trinajstić information content (AvgIpc) is 2.84. The van der Waals surface area contributed by atoms with Crippen molar-refractivity contribution in [3.05, 3.63) is 72.8 Å². The molecular weight excluding hydrogens is 486 g/mol. The SMILES string of the molecule is CCOc1ccccc1N(CC(=O)Nc1ccc(NC(C)=O)cc1)S(=O)(=O)c1ccc(SC)cc1. The first-order valence-electron chi connectivity index (χ1n) is 10.8. The van der Waals surface area contributed by atoms with E-state index in [2.05, 4.69) is 10.6 Å². The lowest BCUT2D eigenvalue weighted by atomic mass is 10.2. The van der Waals surface area contributed by atoms with Gasteiger partial charge in [-0.3, -0.25) is 13.9 Å². The lowest BCUT2D eigenvalue weighted by Gasteiger charge is -2.26. The number of para-hydroxylation sites is 2. The van der Waals surface area contributed by atoms with Crippen LogP contribution in [0.1, 0.15) is 13.8 Å². The highest BCUT2D eigenvalue weighted by atomic mass is 32.2. The minimum absolute atomic E-state index is 0.0639. The summed E-state index contributed by atoms with van der Waals surface area (Å²) in [5, 5.41) is 5.36. The lowest BCUT2D eigenvalue weighted by Crippen LogP contribution is -2.38. The molecule has 0 atom stereocenters. The van der Waals surface area contributed by atoms with Gasteiger partial charge in [0.25, 0.3) is 10.0 Å². The summed E-state index contributed by atoms with van der Waals surface area (Å²) in [6, 6.07) is 19.7. The molecule has 8 nitrogen and oxygen atoms in total. The Morgan fingerprint density at radius 1 is 0.914 bits per heavy atom. The highest BCUT2D eigenvalue weighted by Crippen LogP contribution is 2.33. The fourth-order valence-corrected chi connectivity index (χ4v) is 5.13. The molecule has 0 aliphatic carbocycles. The number of thioether (sulfide) groups is 1. The zero-order valence-electron chi connectivity index (χ0n) is 19.6. The quantitative estimate of drug-likeness (QED) is 0.384. The zero-order chi connectivity index (χ0) is 25.4. The van der Waals surface area contributed by atoms with Crippen LogP contribution in [0, 0.1) is 0 Å². The van der Waals surface area contributed by atoms with E-state index < -0.39 is 22.5 Å². The van der Waals surface area contributed by atoms with E-state index in [0.29, 0.717) is 23.7 Å². The van der Waals surface area contributed by atoms with E-state index in [9.17, 15) is 18.0 Å². The second-order valence-corrected chi connectivity index (χ2v) is 10.1. The van der Waals surface area contributed by atoms with Crippen molar-refractivity contribution >= 4 is 50.7 Å². The smallest absolute Gasteiger partial charge is 0.264 e. The van der Waals surface area contributed by atoms with Gasteiger partial charge in [0.15, 0.2) is 0 Å². The number of hydrogen-bond acceptors (Lipinski definition) is 6. The minimum atomic E-state index is -4.09. The van der Waals surface area contributed by atoms with Crippen molar-refractivity contribution in [3.8, 4) is 5.75 Å². The van der Waals surface area contributed by atoms with Crippen LogP contribution in [-0.2, 0) is 19.6 Å². The number of amides is 2. The molecule has 3 aromatic carbocycles. The van der Waals surface area contributed by atoms with Crippen LogP contribution < -0.4 is 19.7 Å². The Hall–Kier alpha value is -3.50. The number of benzene rings is 3. The first kappa shape index (κ1) is 26.1. The highest BCUT2D eigenvalue weighted by molar-refractivity contribution is 7.98. The van der Waals surface area contributed by atoms with Gasteiger partial charge in [-0.2, -0.15) is 0 Å². The van der Waals surface area contributed by atoms with Crippen molar-refractivity contribution < 1.29 is 22.7 Å².